The van der Waals surface area contributed by atoms with E-state index in [1.807, 2.05) is 0 Å². The SMILES string of the molecule is CPc1cc(C(F)(F)F)ccc1C(F)(F)F. The fourth-order valence-electron chi connectivity index (χ4n) is 1.17. The third-order valence-corrected chi connectivity index (χ3v) is 2.87. The monoisotopic (exact) mass is 260 g/mol. The predicted molar refractivity (Wildman–Crippen MR) is 50.3 cm³/mol. The molecule has 0 fully saturated rings. The van der Waals surface area contributed by atoms with Gasteiger partial charge in [0.1, 0.15) is 0 Å². The highest BCUT2D eigenvalue weighted by atomic mass is 31.1. The molecule has 1 aromatic carbocycles. The molecule has 1 rings (SSSR count). The van der Waals surface area contributed by atoms with E-state index in [0.29, 0.717) is 18.2 Å². The summed E-state index contributed by atoms with van der Waals surface area (Å²) in [6.07, 6.45) is -9.22. The van der Waals surface area contributed by atoms with Crippen molar-refractivity contribution in [1.29, 1.82) is 0 Å². The van der Waals surface area contributed by atoms with E-state index in [4.69, 9.17) is 0 Å². The summed E-state index contributed by atoms with van der Waals surface area (Å²) in [5.41, 5.74) is -2.05. The molecule has 7 heteroatoms. The van der Waals surface area contributed by atoms with Gasteiger partial charge in [0.15, 0.2) is 0 Å². The molecule has 0 aliphatic carbocycles. The number of hydrogen-bond acceptors (Lipinski definition) is 0. The molecule has 0 saturated heterocycles. The van der Waals surface area contributed by atoms with Crippen molar-refractivity contribution in [2.24, 2.45) is 0 Å². The summed E-state index contributed by atoms with van der Waals surface area (Å²) in [6.45, 7) is 1.41. The molecule has 0 aliphatic rings. The number of rotatable bonds is 1. The molecule has 0 saturated carbocycles. The van der Waals surface area contributed by atoms with Gasteiger partial charge in [-0.1, -0.05) is 8.58 Å². The Morgan fingerprint density at radius 2 is 1.50 bits per heavy atom. The van der Waals surface area contributed by atoms with E-state index in [9.17, 15) is 26.3 Å². The summed E-state index contributed by atoms with van der Waals surface area (Å²) in [4.78, 5) is 0. The lowest BCUT2D eigenvalue weighted by Gasteiger charge is -2.14. The zero-order chi connectivity index (χ0) is 12.6. The minimum absolute atomic E-state index is 0.317. The molecule has 0 aromatic heterocycles. The van der Waals surface area contributed by atoms with Gasteiger partial charge in [0, 0.05) is 0 Å². The van der Waals surface area contributed by atoms with Gasteiger partial charge in [0.2, 0.25) is 0 Å². The molecule has 0 aliphatic heterocycles. The van der Waals surface area contributed by atoms with Crippen molar-refractivity contribution in [2.75, 3.05) is 6.66 Å². The van der Waals surface area contributed by atoms with E-state index >= 15 is 0 Å². The van der Waals surface area contributed by atoms with Crippen LogP contribution in [0, 0.1) is 0 Å². The van der Waals surface area contributed by atoms with Crippen LogP contribution in [0.5, 0.6) is 0 Å². The van der Waals surface area contributed by atoms with Gasteiger partial charge >= 0.3 is 12.4 Å². The van der Waals surface area contributed by atoms with E-state index in [-0.39, 0.29) is 13.9 Å². The van der Waals surface area contributed by atoms with Crippen LogP contribution in [0.25, 0.3) is 0 Å². The molecule has 0 N–H and O–H groups in total. The smallest absolute Gasteiger partial charge is 0.166 e. The van der Waals surface area contributed by atoms with Gasteiger partial charge in [0.25, 0.3) is 0 Å². The lowest BCUT2D eigenvalue weighted by Crippen LogP contribution is -2.18. The summed E-state index contributed by atoms with van der Waals surface area (Å²) >= 11 is 0. The second-order valence-corrected chi connectivity index (χ2v) is 4.04. The Hall–Kier alpha value is -0.770. The van der Waals surface area contributed by atoms with Gasteiger partial charge in [-0.2, -0.15) is 26.3 Å². The Bertz CT molecular complexity index is 379. The minimum atomic E-state index is -4.61. The van der Waals surface area contributed by atoms with Crippen LogP contribution in [0.3, 0.4) is 0 Å². The summed E-state index contributed by atoms with van der Waals surface area (Å²) < 4.78 is 73.9. The van der Waals surface area contributed by atoms with Crippen LogP contribution < -0.4 is 5.30 Å². The van der Waals surface area contributed by atoms with E-state index in [0.717, 1.165) is 0 Å². The van der Waals surface area contributed by atoms with Crippen molar-refractivity contribution in [3.05, 3.63) is 29.3 Å². The summed E-state index contributed by atoms with van der Waals surface area (Å²) in [5.74, 6) is 0. The van der Waals surface area contributed by atoms with Crippen LogP contribution >= 0.6 is 8.58 Å². The predicted octanol–water partition coefficient (Wildman–Crippen LogP) is 3.66. The maximum atomic E-state index is 12.4. The van der Waals surface area contributed by atoms with Crippen molar-refractivity contribution in [3.8, 4) is 0 Å². The molecule has 0 heterocycles. The van der Waals surface area contributed by atoms with E-state index in [1.54, 1.807) is 0 Å². The van der Waals surface area contributed by atoms with Gasteiger partial charge in [-0.25, -0.2) is 0 Å². The average molecular weight is 260 g/mol. The second-order valence-electron chi connectivity index (χ2n) is 3.01. The molecule has 16 heavy (non-hydrogen) atoms. The standard InChI is InChI=1S/C9H7F6P/c1-16-7-4-5(8(10,11)12)2-3-6(7)9(13,14)15/h2-4,16H,1H3. The Labute approximate surface area is 89.4 Å². The topological polar surface area (TPSA) is 0 Å². The molecule has 0 nitrogen and oxygen atoms in total. The molecule has 0 spiro atoms. The lowest BCUT2D eigenvalue weighted by molar-refractivity contribution is -0.140. The molecular weight excluding hydrogens is 253 g/mol. The van der Waals surface area contributed by atoms with Crippen LogP contribution in [0.1, 0.15) is 11.1 Å². The highest BCUT2D eigenvalue weighted by molar-refractivity contribution is 7.46. The third-order valence-electron chi connectivity index (χ3n) is 1.92. The third kappa shape index (κ3) is 2.88. The van der Waals surface area contributed by atoms with Crippen LogP contribution in [-0.4, -0.2) is 6.66 Å². The molecule has 0 radical (unpaired) electrons. The van der Waals surface area contributed by atoms with E-state index < -0.39 is 23.5 Å². The van der Waals surface area contributed by atoms with Crippen molar-refractivity contribution in [1.82, 2.24) is 0 Å². The maximum Gasteiger partial charge on any atom is 0.417 e. The van der Waals surface area contributed by atoms with Crippen molar-refractivity contribution in [2.45, 2.75) is 12.4 Å². The van der Waals surface area contributed by atoms with Crippen LogP contribution in [0.4, 0.5) is 26.3 Å². The molecule has 1 unspecified atom stereocenters. The van der Waals surface area contributed by atoms with Crippen LogP contribution in [0.2, 0.25) is 0 Å². The molecule has 0 amide bonds. The maximum absolute atomic E-state index is 12.4. The first kappa shape index (κ1) is 13.3. The van der Waals surface area contributed by atoms with Gasteiger partial charge in [-0.3, -0.25) is 0 Å². The summed E-state index contributed by atoms with van der Waals surface area (Å²) in [6, 6.07) is 1.49. The van der Waals surface area contributed by atoms with Crippen LogP contribution in [-0.2, 0) is 12.4 Å². The fraction of sp³-hybridized carbons (Fsp3) is 0.333. The summed E-state index contributed by atoms with van der Waals surface area (Å²) in [7, 11) is -0.342. The van der Waals surface area contributed by atoms with Gasteiger partial charge in [-0.05, 0) is 30.2 Å². The number of hydrogen-bond donors (Lipinski definition) is 0. The second kappa shape index (κ2) is 4.24. The first-order chi connectivity index (χ1) is 7.16. The zero-order valence-corrected chi connectivity index (χ0v) is 9.00. The molecular formula is C9H7F6P. The zero-order valence-electron chi connectivity index (χ0n) is 8.00. The number of benzene rings is 1. The van der Waals surface area contributed by atoms with Gasteiger partial charge < -0.3 is 0 Å². The Morgan fingerprint density at radius 1 is 0.938 bits per heavy atom. The Kier molecular flexibility index (Phi) is 3.53. The highest BCUT2D eigenvalue weighted by Gasteiger charge is 2.36. The largest absolute Gasteiger partial charge is 0.417 e. The summed E-state index contributed by atoms with van der Waals surface area (Å²) in [5, 5.41) is -0.317. The minimum Gasteiger partial charge on any atom is -0.166 e. The Balaban J connectivity index is 3.28. The van der Waals surface area contributed by atoms with E-state index in [2.05, 4.69) is 0 Å². The Morgan fingerprint density at radius 3 is 1.88 bits per heavy atom. The quantitative estimate of drug-likeness (QED) is 0.534. The normalized spacial score (nSPS) is 13.7. The number of alkyl halides is 6. The van der Waals surface area contributed by atoms with Gasteiger partial charge in [-0.15, -0.1) is 0 Å². The van der Waals surface area contributed by atoms with Gasteiger partial charge in [0.05, 0.1) is 11.1 Å². The lowest BCUT2D eigenvalue weighted by atomic mass is 10.1. The average Bonchev–Trinajstić information content (AvgIpc) is 2.14. The first-order valence-corrected chi connectivity index (χ1v) is 5.62. The molecule has 1 atom stereocenters. The van der Waals surface area contributed by atoms with Crippen molar-refractivity contribution in [3.63, 3.8) is 0 Å². The molecule has 90 valence electrons. The fourth-order valence-corrected chi connectivity index (χ4v) is 1.97. The number of halogens is 6. The highest BCUT2D eigenvalue weighted by Crippen LogP contribution is 2.34. The first-order valence-electron chi connectivity index (χ1n) is 4.12. The van der Waals surface area contributed by atoms with Crippen LogP contribution in [0.15, 0.2) is 18.2 Å². The molecule has 1 aromatic rings. The molecule has 0 bridgehead atoms. The van der Waals surface area contributed by atoms with Crippen molar-refractivity contribution >= 4 is 13.9 Å². The van der Waals surface area contributed by atoms with Crippen molar-refractivity contribution < 1.29 is 26.3 Å². The van der Waals surface area contributed by atoms with E-state index in [1.165, 1.54) is 6.66 Å².